The molecule has 0 spiro atoms. The molecule has 1 aromatic heterocycles. The number of allylic oxidation sites excluding steroid dienone is 1. The molecule has 0 radical (unpaired) electrons. The van der Waals surface area contributed by atoms with Crippen LogP contribution in [0.3, 0.4) is 0 Å². The Bertz CT molecular complexity index is 174. The van der Waals surface area contributed by atoms with Crippen molar-refractivity contribution in [1.82, 2.24) is 0 Å². The molecule has 0 aliphatic carbocycles. The Morgan fingerprint density at radius 3 is 3.00 bits per heavy atom. The first-order valence-corrected chi connectivity index (χ1v) is 3.00. The maximum atomic E-state index is 5.11. The van der Waals surface area contributed by atoms with Crippen molar-refractivity contribution in [2.75, 3.05) is 0 Å². The summed E-state index contributed by atoms with van der Waals surface area (Å²) in [6.07, 6.45) is 3.54. The second kappa shape index (κ2) is 2.53. The van der Waals surface area contributed by atoms with E-state index in [-0.39, 0.29) is 0 Å². The lowest BCUT2D eigenvalue weighted by atomic mass is 10.1. The summed E-state index contributed by atoms with van der Waals surface area (Å²) in [5, 5.41) is 0. The van der Waals surface area contributed by atoms with E-state index in [2.05, 4.69) is 6.58 Å². The summed E-state index contributed by atoms with van der Waals surface area (Å²) in [7, 11) is 0. The Balaban J connectivity index is 2.76. The summed E-state index contributed by atoms with van der Waals surface area (Å²) in [4.78, 5) is 0. The second-order valence-corrected chi connectivity index (χ2v) is 2.04. The molecule has 1 aromatic rings. The SMILES string of the molecule is C=C[C@@H](C)c1ccco1. The number of hydrogen-bond acceptors (Lipinski definition) is 1. The van der Waals surface area contributed by atoms with Gasteiger partial charge in [0.05, 0.1) is 6.26 Å². The normalized spacial score (nSPS) is 13.0. The zero-order valence-electron chi connectivity index (χ0n) is 5.50. The zero-order chi connectivity index (χ0) is 6.69. The fourth-order valence-electron chi connectivity index (χ4n) is 0.667. The van der Waals surface area contributed by atoms with E-state index in [9.17, 15) is 0 Å². The minimum absolute atomic E-state index is 0.333. The molecule has 1 rings (SSSR count). The molecule has 48 valence electrons. The smallest absolute Gasteiger partial charge is 0.110 e. The van der Waals surface area contributed by atoms with Crippen LogP contribution in [-0.2, 0) is 0 Å². The summed E-state index contributed by atoms with van der Waals surface area (Å²) in [5.41, 5.74) is 0. The number of hydrogen-bond donors (Lipinski definition) is 0. The first-order chi connectivity index (χ1) is 4.34. The Morgan fingerprint density at radius 1 is 1.78 bits per heavy atom. The van der Waals surface area contributed by atoms with Crippen molar-refractivity contribution in [2.45, 2.75) is 12.8 Å². The monoisotopic (exact) mass is 122 g/mol. The summed E-state index contributed by atoms with van der Waals surface area (Å²) in [6, 6.07) is 3.84. The predicted molar refractivity (Wildman–Crippen MR) is 37.3 cm³/mol. The number of furan rings is 1. The summed E-state index contributed by atoms with van der Waals surface area (Å²) in [6.45, 7) is 5.70. The van der Waals surface area contributed by atoms with E-state index >= 15 is 0 Å². The molecular weight excluding hydrogens is 112 g/mol. The van der Waals surface area contributed by atoms with Crippen LogP contribution in [0.25, 0.3) is 0 Å². The molecule has 1 nitrogen and oxygen atoms in total. The average Bonchev–Trinajstić information content (AvgIpc) is 2.37. The van der Waals surface area contributed by atoms with Crippen molar-refractivity contribution < 1.29 is 4.42 Å². The molecule has 0 aliphatic heterocycles. The fraction of sp³-hybridized carbons (Fsp3) is 0.250. The molecule has 0 unspecified atom stereocenters. The van der Waals surface area contributed by atoms with E-state index in [1.807, 2.05) is 25.1 Å². The maximum Gasteiger partial charge on any atom is 0.110 e. The quantitative estimate of drug-likeness (QED) is 0.549. The van der Waals surface area contributed by atoms with Crippen LogP contribution in [0.15, 0.2) is 35.5 Å². The van der Waals surface area contributed by atoms with Gasteiger partial charge in [-0.3, -0.25) is 0 Å². The highest BCUT2D eigenvalue weighted by molar-refractivity contribution is 5.09. The Hall–Kier alpha value is -0.980. The standard InChI is InChI=1S/C8H10O/c1-3-7(2)8-5-4-6-9-8/h3-7H,1H2,2H3/t7-/m1/s1. The van der Waals surface area contributed by atoms with E-state index in [1.54, 1.807) is 6.26 Å². The molecule has 1 heteroatoms. The fourth-order valence-corrected chi connectivity index (χ4v) is 0.667. The highest BCUT2D eigenvalue weighted by atomic mass is 16.3. The van der Waals surface area contributed by atoms with Gasteiger partial charge in [-0.15, -0.1) is 6.58 Å². The van der Waals surface area contributed by atoms with Gasteiger partial charge in [0, 0.05) is 5.92 Å². The van der Waals surface area contributed by atoms with Gasteiger partial charge in [0.1, 0.15) is 5.76 Å². The first-order valence-electron chi connectivity index (χ1n) is 3.00. The second-order valence-electron chi connectivity index (χ2n) is 2.04. The van der Waals surface area contributed by atoms with Crippen LogP contribution in [0.1, 0.15) is 18.6 Å². The maximum absolute atomic E-state index is 5.11. The van der Waals surface area contributed by atoms with Crippen LogP contribution >= 0.6 is 0 Å². The van der Waals surface area contributed by atoms with Crippen molar-refractivity contribution in [1.29, 1.82) is 0 Å². The minimum Gasteiger partial charge on any atom is -0.469 e. The van der Waals surface area contributed by atoms with Gasteiger partial charge in [0.25, 0.3) is 0 Å². The van der Waals surface area contributed by atoms with E-state index in [1.165, 1.54) is 0 Å². The molecule has 0 bridgehead atoms. The van der Waals surface area contributed by atoms with Crippen LogP contribution in [0.4, 0.5) is 0 Å². The van der Waals surface area contributed by atoms with Crippen molar-refractivity contribution >= 4 is 0 Å². The summed E-state index contributed by atoms with van der Waals surface area (Å²) >= 11 is 0. The van der Waals surface area contributed by atoms with Crippen LogP contribution < -0.4 is 0 Å². The molecule has 0 saturated heterocycles. The Kier molecular flexibility index (Phi) is 1.73. The van der Waals surface area contributed by atoms with Crippen LogP contribution in [0.5, 0.6) is 0 Å². The molecule has 0 aromatic carbocycles. The zero-order valence-corrected chi connectivity index (χ0v) is 5.50. The van der Waals surface area contributed by atoms with Gasteiger partial charge in [-0.25, -0.2) is 0 Å². The minimum atomic E-state index is 0.333. The topological polar surface area (TPSA) is 13.1 Å². The van der Waals surface area contributed by atoms with Crippen molar-refractivity contribution in [2.24, 2.45) is 0 Å². The van der Waals surface area contributed by atoms with Gasteiger partial charge in [-0.05, 0) is 12.1 Å². The van der Waals surface area contributed by atoms with Crippen molar-refractivity contribution in [3.63, 3.8) is 0 Å². The molecule has 0 fully saturated rings. The van der Waals surface area contributed by atoms with E-state index in [4.69, 9.17) is 4.42 Å². The van der Waals surface area contributed by atoms with Crippen molar-refractivity contribution in [3.8, 4) is 0 Å². The molecule has 0 amide bonds. The lowest BCUT2D eigenvalue weighted by molar-refractivity contribution is 0.500. The number of rotatable bonds is 2. The molecule has 0 saturated carbocycles. The van der Waals surface area contributed by atoms with Gasteiger partial charge in [0.15, 0.2) is 0 Å². The van der Waals surface area contributed by atoms with E-state index in [0.717, 1.165) is 5.76 Å². The summed E-state index contributed by atoms with van der Waals surface area (Å²) < 4.78 is 5.11. The van der Waals surface area contributed by atoms with Gasteiger partial charge < -0.3 is 4.42 Å². The van der Waals surface area contributed by atoms with Crippen LogP contribution in [0.2, 0.25) is 0 Å². The van der Waals surface area contributed by atoms with E-state index < -0.39 is 0 Å². The highest BCUT2D eigenvalue weighted by Crippen LogP contribution is 2.14. The Morgan fingerprint density at radius 2 is 2.56 bits per heavy atom. The molecule has 9 heavy (non-hydrogen) atoms. The third-order valence-corrected chi connectivity index (χ3v) is 1.35. The molecular formula is C8H10O. The largest absolute Gasteiger partial charge is 0.469 e. The Labute approximate surface area is 55.0 Å². The lowest BCUT2D eigenvalue weighted by Crippen LogP contribution is -1.82. The lowest BCUT2D eigenvalue weighted by Gasteiger charge is -1.97. The van der Waals surface area contributed by atoms with Gasteiger partial charge >= 0.3 is 0 Å². The average molecular weight is 122 g/mol. The van der Waals surface area contributed by atoms with Crippen molar-refractivity contribution in [3.05, 3.63) is 36.8 Å². The molecule has 0 aliphatic rings. The molecule has 1 heterocycles. The van der Waals surface area contributed by atoms with Crippen LogP contribution in [-0.4, -0.2) is 0 Å². The van der Waals surface area contributed by atoms with Gasteiger partial charge in [0.2, 0.25) is 0 Å². The van der Waals surface area contributed by atoms with Gasteiger partial charge in [-0.1, -0.05) is 13.0 Å². The summed E-state index contributed by atoms with van der Waals surface area (Å²) in [5.74, 6) is 1.31. The predicted octanol–water partition coefficient (Wildman–Crippen LogP) is 2.57. The van der Waals surface area contributed by atoms with Gasteiger partial charge in [-0.2, -0.15) is 0 Å². The first kappa shape index (κ1) is 6.14. The third-order valence-electron chi connectivity index (χ3n) is 1.35. The third kappa shape index (κ3) is 1.22. The van der Waals surface area contributed by atoms with Crippen LogP contribution in [0, 0.1) is 0 Å². The highest BCUT2D eigenvalue weighted by Gasteiger charge is 2.00. The molecule has 0 N–H and O–H groups in total. The molecule has 1 atom stereocenters. The van der Waals surface area contributed by atoms with E-state index in [0.29, 0.717) is 5.92 Å².